The van der Waals surface area contributed by atoms with Gasteiger partial charge in [0.1, 0.15) is 5.72 Å². The normalized spacial score (nSPS) is 15.0. The number of methoxy groups -OCH3 is 1. The van der Waals surface area contributed by atoms with Crippen molar-refractivity contribution >= 4 is 0 Å². The van der Waals surface area contributed by atoms with Crippen molar-refractivity contribution in [3.8, 4) is 0 Å². The molecule has 0 amide bonds. The Morgan fingerprint density at radius 2 is 1.28 bits per heavy atom. The van der Waals surface area contributed by atoms with E-state index in [0.717, 1.165) is 0 Å². The molecule has 0 aliphatic rings. The van der Waals surface area contributed by atoms with Gasteiger partial charge in [-0.15, -0.1) is 0 Å². The molecule has 0 heterocycles. The summed E-state index contributed by atoms with van der Waals surface area (Å²) in [6.45, 7) is 0. The molecule has 2 N–H and O–H groups in total. The van der Waals surface area contributed by atoms with Crippen LogP contribution in [0.2, 0.25) is 0 Å². The molecule has 0 aliphatic carbocycles. The third kappa shape index (κ3) is 4.52. The van der Waals surface area contributed by atoms with Crippen LogP contribution in [-0.2, 0) is 29.2 Å². The molecule has 25 heavy (non-hydrogen) atoms. The van der Waals surface area contributed by atoms with E-state index < -0.39 is 29.2 Å². The Hall–Kier alpha value is -2.06. The van der Waals surface area contributed by atoms with Crippen LogP contribution in [0.1, 0.15) is 22.3 Å². The summed E-state index contributed by atoms with van der Waals surface area (Å²) in [5.74, 6) is 0. The first-order valence-corrected chi connectivity index (χ1v) is 7.13. The molecule has 136 valence electrons. The van der Waals surface area contributed by atoms with Crippen LogP contribution in [0.3, 0.4) is 0 Å². The van der Waals surface area contributed by atoms with E-state index in [-0.39, 0.29) is 18.1 Å². The fourth-order valence-corrected chi connectivity index (χ4v) is 2.44. The minimum atomic E-state index is -4.91. The Kier molecular flexibility index (Phi) is 5.15. The summed E-state index contributed by atoms with van der Waals surface area (Å²) in [6.07, 6.45) is -10.2. The summed E-state index contributed by atoms with van der Waals surface area (Å²) in [5.41, 5.74) is 1.96. The van der Waals surface area contributed by atoms with E-state index in [2.05, 4.69) is 0 Å². The number of benzene rings is 2. The third-order valence-corrected chi connectivity index (χ3v) is 3.74. The highest BCUT2D eigenvalue weighted by molar-refractivity contribution is 5.35. The summed E-state index contributed by atoms with van der Waals surface area (Å²) in [6, 6.07) is 9.54. The van der Waals surface area contributed by atoms with Gasteiger partial charge < -0.3 is 4.74 Å². The molecule has 0 unspecified atom stereocenters. The van der Waals surface area contributed by atoms with Gasteiger partial charge in [0.05, 0.1) is 11.1 Å². The Balaban J connectivity index is 2.51. The maximum atomic E-state index is 12.9. The first-order valence-electron chi connectivity index (χ1n) is 7.13. The number of ether oxygens (including phenoxy) is 1. The SMILES string of the molecule is CO[C@@](N)(Cc1cc(C(F)(F)F)cc(C(F)(F)F)c1)c1ccccc1. The fourth-order valence-electron chi connectivity index (χ4n) is 2.44. The van der Waals surface area contributed by atoms with E-state index in [4.69, 9.17) is 10.5 Å². The van der Waals surface area contributed by atoms with Gasteiger partial charge in [-0.2, -0.15) is 26.3 Å². The standard InChI is InChI=1S/C17H15F6NO/c1-25-15(24,12-5-3-2-4-6-12)10-11-7-13(16(18,19)20)9-14(8-11)17(21,22)23/h2-9H,10,24H2,1H3/t15-/m0/s1. The Morgan fingerprint density at radius 1 is 0.800 bits per heavy atom. The summed E-state index contributed by atoms with van der Waals surface area (Å²) in [7, 11) is 1.24. The molecule has 0 fully saturated rings. The van der Waals surface area contributed by atoms with Gasteiger partial charge in [-0.05, 0) is 29.3 Å². The Bertz CT molecular complexity index is 694. The van der Waals surface area contributed by atoms with E-state index in [1.165, 1.54) is 7.11 Å². The molecular weight excluding hydrogens is 348 g/mol. The van der Waals surface area contributed by atoms with Crippen molar-refractivity contribution in [3.63, 3.8) is 0 Å². The topological polar surface area (TPSA) is 35.2 Å². The number of halogens is 6. The van der Waals surface area contributed by atoms with Crippen molar-refractivity contribution in [1.29, 1.82) is 0 Å². The van der Waals surface area contributed by atoms with Crippen LogP contribution in [0.15, 0.2) is 48.5 Å². The van der Waals surface area contributed by atoms with E-state index in [0.29, 0.717) is 17.7 Å². The van der Waals surface area contributed by atoms with Crippen LogP contribution >= 0.6 is 0 Å². The van der Waals surface area contributed by atoms with Crippen molar-refractivity contribution in [1.82, 2.24) is 0 Å². The van der Waals surface area contributed by atoms with Gasteiger partial charge in [0.2, 0.25) is 0 Å². The van der Waals surface area contributed by atoms with Crippen LogP contribution in [0.5, 0.6) is 0 Å². The van der Waals surface area contributed by atoms with Crippen LogP contribution in [-0.4, -0.2) is 7.11 Å². The average Bonchev–Trinajstić information content (AvgIpc) is 2.53. The molecule has 2 nitrogen and oxygen atoms in total. The lowest BCUT2D eigenvalue weighted by molar-refractivity contribution is -0.143. The summed E-state index contributed by atoms with van der Waals surface area (Å²) >= 11 is 0. The number of rotatable bonds is 4. The minimum Gasteiger partial charge on any atom is -0.359 e. The molecule has 0 spiro atoms. The van der Waals surface area contributed by atoms with Gasteiger partial charge in [0, 0.05) is 13.5 Å². The van der Waals surface area contributed by atoms with Crippen molar-refractivity contribution in [2.75, 3.05) is 7.11 Å². The summed E-state index contributed by atoms with van der Waals surface area (Å²) in [4.78, 5) is 0. The minimum absolute atomic E-state index is 0.0804. The fraction of sp³-hybridized carbons (Fsp3) is 0.294. The maximum Gasteiger partial charge on any atom is 0.416 e. The predicted molar refractivity (Wildman–Crippen MR) is 79.5 cm³/mol. The van der Waals surface area contributed by atoms with Gasteiger partial charge in [-0.25, -0.2) is 0 Å². The van der Waals surface area contributed by atoms with Crippen LogP contribution in [0.4, 0.5) is 26.3 Å². The highest BCUT2D eigenvalue weighted by atomic mass is 19.4. The highest BCUT2D eigenvalue weighted by Crippen LogP contribution is 2.37. The molecule has 0 saturated carbocycles. The molecule has 1 atom stereocenters. The molecule has 2 rings (SSSR count). The zero-order valence-electron chi connectivity index (χ0n) is 13.1. The lowest BCUT2D eigenvalue weighted by Crippen LogP contribution is -2.41. The molecule has 0 radical (unpaired) electrons. The first-order chi connectivity index (χ1) is 11.5. The van der Waals surface area contributed by atoms with E-state index in [1.807, 2.05) is 0 Å². The largest absolute Gasteiger partial charge is 0.416 e. The molecule has 0 aromatic heterocycles. The van der Waals surface area contributed by atoms with E-state index >= 15 is 0 Å². The van der Waals surface area contributed by atoms with Crippen LogP contribution < -0.4 is 5.73 Å². The molecule has 2 aromatic rings. The molecule has 8 heteroatoms. The maximum absolute atomic E-state index is 12.9. The lowest BCUT2D eigenvalue weighted by atomic mass is 9.93. The number of alkyl halides is 6. The number of hydrogen-bond acceptors (Lipinski definition) is 2. The number of nitrogens with two attached hydrogens (primary N) is 1. The number of hydrogen-bond donors (Lipinski definition) is 1. The second kappa shape index (κ2) is 6.68. The Labute approximate surface area is 140 Å². The van der Waals surface area contributed by atoms with Gasteiger partial charge in [0.15, 0.2) is 0 Å². The van der Waals surface area contributed by atoms with Crippen LogP contribution in [0.25, 0.3) is 0 Å². The van der Waals surface area contributed by atoms with Gasteiger partial charge >= 0.3 is 12.4 Å². The average molecular weight is 363 g/mol. The molecular formula is C17H15F6NO. The first kappa shape index (κ1) is 19.3. The lowest BCUT2D eigenvalue weighted by Gasteiger charge is -2.29. The van der Waals surface area contributed by atoms with Gasteiger partial charge in [0.25, 0.3) is 0 Å². The quantitative estimate of drug-likeness (QED) is 0.630. The predicted octanol–water partition coefficient (Wildman–Crippen LogP) is 4.72. The summed E-state index contributed by atoms with van der Waals surface area (Å²) < 4.78 is 82.9. The monoisotopic (exact) mass is 363 g/mol. The molecule has 0 aliphatic heterocycles. The van der Waals surface area contributed by atoms with Gasteiger partial charge in [-0.1, -0.05) is 30.3 Å². The molecule has 0 bridgehead atoms. The van der Waals surface area contributed by atoms with Crippen molar-refractivity contribution in [2.24, 2.45) is 5.73 Å². The van der Waals surface area contributed by atoms with E-state index in [1.54, 1.807) is 30.3 Å². The van der Waals surface area contributed by atoms with Gasteiger partial charge in [-0.3, -0.25) is 5.73 Å². The van der Waals surface area contributed by atoms with Crippen molar-refractivity contribution in [3.05, 3.63) is 70.8 Å². The van der Waals surface area contributed by atoms with Crippen molar-refractivity contribution < 1.29 is 31.1 Å². The summed E-state index contributed by atoms with van der Waals surface area (Å²) in [5, 5.41) is 0. The Morgan fingerprint density at radius 3 is 1.68 bits per heavy atom. The van der Waals surface area contributed by atoms with E-state index in [9.17, 15) is 26.3 Å². The third-order valence-electron chi connectivity index (χ3n) is 3.74. The van der Waals surface area contributed by atoms with Crippen molar-refractivity contribution in [2.45, 2.75) is 24.5 Å². The second-order valence-corrected chi connectivity index (χ2v) is 5.55. The molecule has 2 aromatic carbocycles. The zero-order chi connectivity index (χ0) is 18.9. The second-order valence-electron chi connectivity index (χ2n) is 5.55. The smallest absolute Gasteiger partial charge is 0.359 e. The van der Waals surface area contributed by atoms with Crippen LogP contribution in [0, 0.1) is 0 Å². The zero-order valence-corrected chi connectivity index (χ0v) is 13.1. The molecule has 0 saturated heterocycles. The highest BCUT2D eigenvalue weighted by Gasteiger charge is 2.38.